The molecule has 2 nitrogen and oxygen atoms in total. The Hall–Kier alpha value is -1.35. The Balaban J connectivity index is 2.64. The molecule has 1 rings (SSSR count). The number of nitrogens with one attached hydrogen (secondary N) is 1. The van der Waals surface area contributed by atoms with Gasteiger partial charge in [0.1, 0.15) is 11.6 Å². The zero-order valence-electron chi connectivity index (χ0n) is 8.83. The Morgan fingerprint density at radius 3 is 2.93 bits per heavy atom. The molecule has 82 valence electrons. The molecular weight excluding hydrogens is 193 g/mol. The molecule has 0 saturated carbocycles. The van der Waals surface area contributed by atoms with E-state index in [1.807, 2.05) is 13.0 Å². The van der Waals surface area contributed by atoms with Crippen LogP contribution in [0.15, 0.2) is 30.9 Å². The van der Waals surface area contributed by atoms with Crippen molar-refractivity contribution in [2.24, 2.45) is 0 Å². The van der Waals surface area contributed by atoms with E-state index in [0.29, 0.717) is 5.56 Å². The Bertz CT molecular complexity index is 338. The number of halogens is 1. The van der Waals surface area contributed by atoms with E-state index >= 15 is 0 Å². The fourth-order valence-corrected chi connectivity index (χ4v) is 1.39. The summed E-state index contributed by atoms with van der Waals surface area (Å²) >= 11 is 0. The molecule has 0 radical (unpaired) electrons. The van der Waals surface area contributed by atoms with Crippen molar-refractivity contribution >= 4 is 0 Å². The van der Waals surface area contributed by atoms with Crippen LogP contribution in [0.5, 0.6) is 5.75 Å². The van der Waals surface area contributed by atoms with E-state index in [2.05, 4.69) is 11.9 Å². The van der Waals surface area contributed by atoms with Crippen molar-refractivity contribution < 1.29 is 9.50 Å². The van der Waals surface area contributed by atoms with E-state index in [1.165, 1.54) is 6.07 Å². The van der Waals surface area contributed by atoms with E-state index in [1.54, 1.807) is 6.07 Å². The third-order valence-electron chi connectivity index (χ3n) is 2.26. The molecule has 0 aliphatic rings. The van der Waals surface area contributed by atoms with Crippen LogP contribution >= 0.6 is 0 Å². The summed E-state index contributed by atoms with van der Waals surface area (Å²) in [5.74, 6) is -0.428. The summed E-state index contributed by atoms with van der Waals surface area (Å²) in [5.41, 5.74) is 0.709. The van der Waals surface area contributed by atoms with Crippen LogP contribution in [0, 0.1) is 5.82 Å². The molecule has 1 aromatic rings. The molecule has 0 heterocycles. The molecule has 0 amide bonds. The van der Waals surface area contributed by atoms with Crippen molar-refractivity contribution in [3.63, 3.8) is 0 Å². The standard InChI is InChI=1S/C12H16FNO/c1-3-4-7-14-9(2)11-6-5-10(13)8-12(11)15/h3,5-6,8-9,14-15H,1,4,7H2,2H3. The van der Waals surface area contributed by atoms with Gasteiger partial charge in [-0.3, -0.25) is 0 Å². The smallest absolute Gasteiger partial charge is 0.126 e. The van der Waals surface area contributed by atoms with Crippen LogP contribution in [0.1, 0.15) is 24.9 Å². The molecule has 0 aromatic heterocycles. The zero-order chi connectivity index (χ0) is 11.3. The fourth-order valence-electron chi connectivity index (χ4n) is 1.39. The quantitative estimate of drug-likeness (QED) is 0.577. The van der Waals surface area contributed by atoms with Crippen molar-refractivity contribution in [1.29, 1.82) is 0 Å². The van der Waals surface area contributed by atoms with Gasteiger partial charge < -0.3 is 10.4 Å². The zero-order valence-corrected chi connectivity index (χ0v) is 8.83. The highest BCUT2D eigenvalue weighted by molar-refractivity contribution is 5.34. The number of phenols is 1. The first-order valence-corrected chi connectivity index (χ1v) is 4.98. The molecule has 1 atom stereocenters. The van der Waals surface area contributed by atoms with Crippen molar-refractivity contribution in [1.82, 2.24) is 5.32 Å². The minimum Gasteiger partial charge on any atom is -0.508 e. The maximum Gasteiger partial charge on any atom is 0.126 e. The van der Waals surface area contributed by atoms with Gasteiger partial charge in [-0.05, 0) is 26.0 Å². The Labute approximate surface area is 89.4 Å². The van der Waals surface area contributed by atoms with Gasteiger partial charge in [0, 0.05) is 17.7 Å². The van der Waals surface area contributed by atoms with Crippen LogP contribution in [-0.2, 0) is 0 Å². The molecule has 0 spiro atoms. The van der Waals surface area contributed by atoms with Crippen LogP contribution in [-0.4, -0.2) is 11.7 Å². The SMILES string of the molecule is C=CCCNC(C)c1ccc(F)cc1O. The predicted molar refractivity (Wildman–Crippen MR) is 59.3 cm³/mol. The number of hydrogen-bond acceptors (Lipinski definition) is 2. The summed E-state index contributed by atoms with van der Waals surface area (Å²) in [6.45, 7) is 6.34. The monoisotopic (exact) mass is 209 g/mol. The Morgan fingerprint density at radius 2 is 2.33 bits per heavy atom. The second-order valence-electron chi connectivity index (χ2n) is 3.46. The third kappa shape index (κ3) is 3.36. The van der Waals surface area contributed by atoms with Gasteiger partial charge in [-0.15, -0.1) is 6.58 Å². The summed E-state index contributed by atoms with van der Waals surface area (Å²) < 4.78 is 12.7. The molecule has 0 aliphatic heterocycles. The van der Waals surface area contributed by atoms with Gasteiger partial charge in [0.25, 0.3) is 0 Å². The van der Waals surface area contributed by atoms with Crippen molar-refractivity contribution in [2.75, 3.05) is 6.54 Å². The van der Waals surface area contributed by atoms with E-state index in [-0.39, 0.29) is 11.8 Å². The first-order valence-electron chi connectivity index (χ1n) is 4.98. The normalized spacial score (nSPS) is 12.4. The lowest BCUT2D eigenvalue weighted by atomic mass is 10.1. The highest BCUT2D eigenvalue weighted by Crippen LogP contribution is 2.24. The molecule has 2 N–H and O–H groups in total. The van der Waals surface area contributed by atoms with Crippen molar-refractivity contribution in [3.8, 4) is 5.75 Å². The Kier molecular flexibility index (Phi) is 4.31. The number of benzene rings is 1. The van der Waals surface area contributed by atoms with Crippen LogP contribution in [0.2, 0.25) is 0 Å². The second-order valence-corrected chi connectivity index (χ2v) is 3.46. The molecule has 0 saturated heterocycles. The van der Waals surface area contributed by atoms with Crippen molar-refractivity contribution in [2.45, 2.75) is 19.4 Å². The average Bonchev–Trinajstić information content (AvgIpc) is 2.17. The molecule has 0 bridgehead atoms. The van der Waals surface area contributed by atoms with E-state index < -0.39 is 5.82 Å². The summed E-state index contributed by atoms with van der Waals surface area (Å²) in [6, 6.07) is 4.07. The van der Waals surface area contributed by atoms with Gasteiger partial charge in [0.05, 0.1) is 0 Å². The summed E-state index contributed by atoms with van der Waals surface area (Å²) in [5, 5.41) is 12.7. The van der Waals surface area contributed by atoms with Gasteiger partial charge in [0.15, 0.2) is 0 Å². The largest absolute Gasteiger partial charge is 0.508 e. The predicted octanol–water partition coefficient (Wildman–Crippen LogP) is 2.76. The molecule has 3 heteroatoms. The van der Waals surface area contributed by atoms with E-state index in [0.717, 1.165) is 19.0 Å². The van der Waals surface area contributed by atoms with Gasteiger partial charge in [-0.1, -0.05) is 12.1 Å². The van der Waals surface area contributed by atoms with Gasteiger partial charge in [0.2, 0.25) is 0 Å². The summed E-state index contributed by atoms with van der Waals surface area (Å²) in [6.07, 6.45) is 2.69. The molecule has 0 fully saturated rings. The number of phenolic OH excluding ortho intramolecular Hbond substituents is 1. The molecule has 1 aromatic carbocycles. The minimum absolute atomic E-state index is 0.00514. The lowest BCUT2D eigenvalue weighted by molar-refractivity contribution is 0.448. The number of rotatable bonds is 5. The van der Waals surface area contributed by atoms with Gasteiger partial charge in [-0.2, -0.15) is 0 Å². The number of aromatic hydroxyl groups is 1. The van der Waals surface area contributed by atoms with E-state index in [4.69, 9.17) is 0 Å². The minimum atomic E-state index is -0.422. The first kappa shape index (κ1) is 11.7. The second kappa shape index (κ2) is 5.51. The van der Waals surface area contributed by atoms with Gasteiger partial charge >= 0.3 is 0 Å². The molecule has 15 heavy (non-hydrogen) atoms. The average molecular weight is 209 g/mol. The summed E-state index contributed by atoms with van der Waals surface area (Å²) in [4.78, 5) is 0. The fraction of sp³-hybridized carbons (Fsp3) is 0.333. The van der Waals surface area contributed by atoms with Crippen LogP contribution < -0.4 is 5.32 Å². The topological polar surface area (TPSA) is 32.3 Å². The lowest BCUT2D eigenvalue weighted by Crippen LogP contribution is -2.19. The lowest BCUT2D eigenvalue weighted by Gasteiger charge is -2.14. The number of hydrogen-bond donors (Lipinski definition) is 2. The van der Waals surface area contributed by atoms with Crippen LogP contribution in [0.3, 0.4) is 0 Å². The first-order chi connectivity index (χ1) is 7.15. The highest BCUT2D eigenvalue weighted by atomic mass is 19.1. The molecular formula is C12H16FNO. The highest BCUT2D eigenvalue weighted by Gasteiger charge is 2.09. The van der Waals surface area contributed by atoms with E-state index in [9.17, 15) is 9.50 Å². The maximum atomic E-state index is 12.7. The van der Waals surface area contributed by atoms with Crippen LogP contribution in [0.25, 0.3) is 0 Å². The maximum absolute atomic E-state index is 12.7. The Morgan fingerprint density at radius 1 is 1.60 bits per heavy atom. The third-order valence-corrected chi connectivity index (χ3v) is 2.26. The summed E-state index contributed by atoms with van der Waals surface area (Å²) in [7, 11) is 0. The molecule has 1 unspecified atom stereocenters. The van der Waals surface area contributed by atoms with Crippen LogP contribution in [0.4, 0.5) is 4.39 Å². The van der Waals surface area contributed by atoms with Gasteiger partial charge in [-0.25, -0.2) is 4.39 Å². The molecule has 0 aliphatic carbocycles. The van der Waals surface area contributed by atoms with Crippen molar-refractivity contribution in [3.05, 3.63) is 42.2 Å².